The van der Waals surface area contributed by atoms with Crippen LogP contribution < -0.4 is 15.6 Å². The summed E-state index contributed by atoms with van der Waals surface area (Å²) in [5.41, 5.74) is 6.14. The van der Waals surface area contributed by atoms with Gasteiger partial charge in [0.15, 0.2) is 0 Å². The van der Waals surface area contributed by atoms with E-state index in [0.29, 0.717) is 0 Å². The molecule has 0 radical (unpaired) electrons. The summed E-state index contributed by atoms with van der Waals surface area (Å²) in [6, 6.07) is 7.94. The molecule has 0 saturated carbocycles. The summed E-state index contributed by atoms with van der Waals surface area (Å²) in [6.45, 7) is 7.47. The van der Waals surface area contributed by atoms with E-state index in [4.69, 9.17) is 9.47 Å². The lowest BCUT2D eigenvalue weighted by molar-refractivity contribution is 0.0489. The van der Waals surface area contributed by atoms with Crippen LogP contribution in [-0.2, 0) is 11.2 Å². The number of amides is 1. The molecular weight excluding hydrogens is 256 g/mol. The van der Waals surface area contributed by atoms with Crippen LogP contribution in [0.15, 0.2) is 24.3 Å². The number of ether oxygens (including phenoxy) is 2. The Kier molecular flexibility index (Phi) is 5.82. The summed E-state index contributed by atoms with van der Waals surface area (Å²) in [4.78, 5) is 11.5. The monoisotopic (exact) mass is 280 g/mol. The highest BCUT2D eigenvalue weighted by Crippen LogP contribution is 2.12. The Bertz CT molecular complexity index is 424. The maximum absolute atomic E-state index is 11.5. The zero-order valence-electron chi connectivity index (χ0n) is 12.8. The Morgan fingerprint density at radius 1 is 1.25 bits per heavy atom. The average Bonchev–Trinajstić information content (AvgIpc) is 2.35. The van der Waals surface area contributed by atoms with E-state index in [2.05, 4.69) is 10.9 Å². The Labute approximate surface area is 120 Å². The molecule has 0 fully saturated rings. The molecule has 5 nitrogen and oxygen atoms in total. The summed E-state index contributed by atoms with van der Waals surface area (Å²) in [6.07, 6.45) is 0.318. The maximum atomic E-state index is 11.5. The van der Waals surface area contributed by atoms with Gasteiger partial charge in [-0.15, -0.1) is 0 Å². The predicted molar refractivity (Wildman–Crippen MR) is 78.7 cm³/mol. The normalized spacial score (nSPS) is 12.7. The van der Waals surface area contributed by atoms with Crippen LogP contribution in [0.1, 0.15) is 33.3 Å². The van der Waals surface area contributed by atoms with Gasteiger partial charge in [-0.1, -0.05) is 12.1 Å². The van der Waals surface area contributed by atoms with Gasteiger partial charge in [0.1, 0.15) is 11.4 Å². The molecule has 112 valence electrons. The third-order valence-electron chi connectivity index (χ3n) is 2.52. The molecule has 0 saturated heterocycles. The number of carbonyl (C=O) groups is 1. The molecule has 0 aliphatic carbocycles. The van der Waals surface area contributed by atoms with Gasteiger partial charge < -0.3 is 9.47 Å². The quantitative estimate of drug-likeness (QED) is 0.814. The van der Waals surface area contributed by atoms with Crippen molar-refractivity contribution in [3.05, 3.63) is 29.8 Å². The smallest absolute Gasteiger partial charge is 0.422 e. The molecule has 0 aliphatic rings. The van der Waals surface area contributed by atoms with Crippen LogP contribution in [0.5, 0.6) is 5.75 Å². The Hall–Kier alpha value is -1.75. The van der Waals surface area contributed by atoms with Gasteiger partial charge in [0.2, 0.25) is 0 Å². The zero-order chi connectivity index (χ0) is 15.2. The maximum Gasteiger partial charge on any atom is 0.422 e. The van der Waals surface area contributed by atoms with Gasteiger partial charge in [-0.25, -0.2) is 10.2 Å². The third-order valence-corrected chi connectivity index (χ3v) is 2.52. The van der Waals surface area contributed by atoms with E-state index < -0.39 is 11.7 Å². The third kappa shape index (κ3) is 6.43. The molecule has 0 bridgehead atoms. The topological polar surface area (TPSA) is 59.6 Å². The number of rotatable bonds is 5. The van der Waals surface area contributed by atoms with E-state index in [9.17, 15) is 4.79 Å². The average molecular weight is 280 g/mol. The van der Waals surface area contributed by atoms with E-state index in [0.717, 1.165) is 17.7 Å². The van der Waals surface area contributed by atoms with Gasteiger partial charge in [0.05, 0.1) is 7.11 Å². The summed E-state index contributed by atoms with van der Waals surface area (Å²) in [7, 11) is 1.64. The molecule has 5 heteroatoms. The van der Waals surface area contributed by atoms with Crippen LogP contribution in [-0.4, -0.2) is 24.8 Å². The number of nitrogens with one attached hydrogen (secondary N) is 2. The van der Waals surface area contributed by atoms with Gasteiger partial charge >= 0.3 is 6.09 Å². The minimum absolute atomic E-state index is 0.0934. The number of hydrogen-bond acceptors (Lipinski definition) is 4. The number of carbonyl (C=O) groups excluding carboxylic acids is 1. The van der Waals surface area contributed by atoms with Crippen LogP contribution in [0, 0.1) is 0 Å². The first-order valence-electron chi connectivity index (χ1n) is 6.67. The fourth-order valence-corrected chi connectivity index (χ4v) is 1.65. The molecular formula is C15H24N2O3. The molecule has 2 N–H and O–H groups in total. The molecule has 1 unspecified atom stereocenters. The van der Waals surface area contributed by atoms with Crippen molar-refractivity contribution in [3.63, 3.8) is 0 Å². The number of hydrazine groups is 1. The summed E-state index contributed by atoms with van der Waals surface area (Å²) in [5, 5.41) is 0. The fraction of sp³-hybridized carbons (Fsp3) is 0.533. The molecule has 1 aromatic rings. The second kappa shape index (κ2) is 7.14. The van der Waals surface area contributed by atoms with Crippen molar-refractivity contribution in [1.82, 2.24) is 10.9 Å². The summed E-state index contributed by atoms with van der Waals surface area (Å²) in [5.74, 6) is 0.834. The highest BCUT2D eigenvalue weighted by Gasteiger charge is 2.16. The molecule has 1 amide bonds. The van der Waals surface area contributed by atoms with Gasteiger partial charge in [-0.05, 0) is 51.8 Å². The first-order chi connectivity index (χ1) is 9.30. The van der Waals surface area contributed by atoms with Crippen molar-refractivity contribution in [2.75, 3.05) is 7.11 Å². The van der Waals surface area contributed by atoms with Crippen LogP contribution in [0.3, 0.4) is 0 Å². The second-order valence-corrected chi connectivity index (χ2v) is 5.72. The molecule has 20 heavy (non-hydrogen) atoms. The number of benzene rings is 1. The van der Waals surface area contributed by atoms with E-state index in [1.807, 2.05) is 52.0 Å². The standard InChI is InChI=1S/C15H24N2O3/c1-11(16-17-14(18)20-15(2,3)4)10-12-6-8-13(19-5)9-7-12/h6-9,11,16H,10H2,1-5H3,(H,17,18). The Balaban J connectivity index is 2.36. The molecule has 1 aromatic carbocycles. The lowest BCUT2D eigenvalue weighted by Crippen LogP contribution is -2.46. The van der Waals surface area contributed by atoms with Gasteiger partial charge in [-0.3, -0.25) is 5.43 Å². The minimum atomic E-state index is -0.495. The molecule has 1 rings (SSSR count). The van der Waals surface area contributed by atoms with Gasteiger partial charge in [0, 0.05) is 6.04 Å². The second-order valence-electron chi connectivity index (χ2n) is 5.72. The number of methoxy groups -OCH3 is 1. The molecule has 0 spiro atoms. The Morgan fingerprint density at radius 2 is 1.85 bits per heavy atom. The van der Waals surface area contributed by atoms with Crippen LogP contribution in [0.2, 0.25) is 0 Å². The van der Waals surface area contributed by atoms with Crippen LogP contribution in [0.25, 0.3) is 0 Å². The number of hydrogen-bond donors (Lipinski definition) is 2. The van der Waals surface area contributed by atoms with Crippen molar-refractivity contribution in [2.24, 2.45) is 0 Å². The van der Waals surface area contributed by atoms with Crippen molar-refractivity contribution < 1.29 is 14.3 Å². The molecule has 0 aromatic heterocycles. The fourth-order valence-electron chi connectivity index (χ4n) is 1.65. The first-order valence-corrected chi connectivity index (χ1v) is 6.67. The van der Waals surface area contributed by atoms with E-state index >= 15 is 0 Å². The van der Waals surface area contributed by atoms with Crippen LogP contribution >= 0.6 is 0 Å². The minimum Gasteiger partial charge on any atom is -0.497 e. The predicted octanol–water partition coefficient (Wildman–Crippen LogP) is 2.66. The van der Waals surface area contributed by atoms with Crippen molar-refractivity contribution in [1.29, 1.82) is 0 Å². The van der Waals surface area contributed by atoms with E-state index in [-0.39, 0.29) is 6.04 Å². The van der Waals surface area contributed by atoms with Crippen molar-refractivity contribution >= 4 is 6.09 Å². The first kappa shape index (κ1) is 16.3. The summed E-state index contributed by atoms with van der Waals surface area (Å²) >= 11 is 0. The largest absolute Gasteiger partial charge is 0.497 e. The molecule has 0 aliphatic heterocycles. The Morgan fingerprint density at radius 3 is 2.35 bits per heavy atom. The van der Waals surface area contributed by atoms with Gasteiger partial charge in [-0.2, -0.15) is 0 Å². The highest BCUT2D eigenvalue weighted by atomic mass is 16.6. The highest BCUT2D eigenvalue weighted by molar-refractivity contribution is 5.67. The lowest BCUT2D eigenvalue weighted by atomic mass is 10.1. The van der Waals surface area contributed by atoms with Crippen LogP contribution in [0.4, 0.5) is 4.79 Å². The van der Waals surface area contributed by atoms with Crippen molar-refractivity contribution in [3.8, 4) is 5.75 Å². The SMILES string of the molecule is COc1ccc(CC(C)NNC(=O)OC(C)(C)C)cc1. The molecule has 0 heterocycles. The van der Waals surface area contributed by atoms with Gasteiger partial charge in [0.25, 0.3) is 0 Å². The molecule has 1 atom stereocenters. The summed E-state index contributed by atoms with van der Waals surface area (Å²) < 4.78 is 10.2. The zero-order valence-corrected chi connectivity index (χ0v) is 12.8. The lowest BCUT2D eigenvalue weighted by Gasteiger charge is -2.21. The van der Waals surface area contributed by atoms with E-state index in [1.165, 1.54) is 0 Å². The van der Waals surface area contributed by atoms with E-state index in [1.54, 1.807) is 7.11 Å². The van der Waals surface area contributed by atoms with Crippen molar-refractivity contribution in [2.45, 2.75) is 45.8 Å².